The monoisotopic (exact) mass is 385 g/mol. The van der Waals surface area contributed by atoms with E-state index in [2.05, 4.69) is 36.1 Å². The van der Waals surface area contributed by atoms with Gasteiger partial charge >= 0.3 is 0 Å². The van der Waals surface area contributed by atoms with Gasteiger partial charge in [-0.2, -0.15) is 5.26 Å². The molecule has 0 radical (unpaired) electrons. The number of nitriles is 1. The zero-order chi connectivity index (χ0) is 20.1. The highest BCUT2D eigenvalue weighted by Gasteiger charge is 2.20. The molecule has 4 rings (SSSR count). The molecule has 3 heterocycles. The summed E-state index contributed by atoms with van der Waals surface area (Å²) in [5.41, 5.74) is 1.61. The minimum Gasteiger partial charge on any atom is -0.353 e. The molecule has 0 saturated carbocycles. The number of hydrogen-bond acceptors (Lipinski definition) is 7. The Morgan fingerprint density at radius 3 is 2.45 bits per heavy atom. The molecular weight excluding hydrogens is 366 g/mol. The third kappa shape index (κ3) is 4.30. The van der Waals surface area contributed by atoms with E-state index in [0.29, 0.717) is 16.8 Å². The molecule has 0 unspecified atom stereocenters. The standard InChI is InChI=1S/C21H19N7O/c22-15-16-3-1-4-18(13-16)26-20(29)17-5-8-23-19(14-17)27-9-11-28(12-10-27)21-24-6-2-7-25-21/h1-8,13-14H,9-12H2,(H,26,29). The third-order valence-corrected chi connectivity index (χ3v) is 4.70. The number of rotatable bonds is 4. The van der Waals surface area contributed by atoms with Crippen LogP contribution in [-0.4, -0.2) is 47.0 Å². The van der Waals surface area contributed by atoms with Gasteiger partial charge in [0.05, 0.1) is 11.6 Å². The second-order valence-corrected chi connectivity index (χ2v) is 6.57. The molecule has 144 valence electrons. The maximum Gasteiger partial charge on any atom is 0.255 e. The van der Waals surface area contributed by atoms with Gasteiger partial charge in [0.15, 0.2) is 0 Å². The predicted molar refractivity (Wildman–Crippen MR) is 110 cm³/mol. The fraction of sp³-hybridized carbons (Fsp3) is 0.190. The summed E-state index contributed by atoms with van der Waals surface area (Å²) in [6.07, 6.45) is 5.12. The number of anilines is 3. The van der Waals surface area contributed by atoms with Gasteiger partial charge in [-0.25, -0.2) is 15.0 Å². The van der Waals surface area contributed by atoms with Crippen molar-refractivity contribution in [1.29, 1.82) is 5.26 Å². The van der Waals surface area contributed by atoms with Gasteiger partial charge in [-0.05, 0) is 36.4 Å². The number of carbonyl (C=O) groups is 1. The fourth-order valence-electron chi connectivity index (χ4n) is 3.19. The van der Waals surface area contributed by atoms with Crippen LogP contribution < -0.4 is 15.1 Å². The van der Waals surface area contributed by atoms with Crippen molar-refractivity contribution in [2.45, 2.75) is 0 Å². The fourth-order valence-corrected chi connectivity index (χ4v) is 3.19. The maximum atomic E-state index is 12.6. The Bertz CT molecular complexity index is 1040. The molecule has 1 N–H and O–H groups in total. The Hall–Kier alpha value is -3.99. The normalized spacial score (nSPS) is 13.6. The van der Waals surface area contributed by atoms with Gasteiger partial charge in [-0.3, -0.25) is 4.79 Å². The number of nitrogens with zero attached hydrogens (tertiary/aromatic N) is 6. The van der Waals surface area contributed by atoms with E-state index in [1.165, 1.54) is 0 Å². The predicted octanol–water partition coefficient (Wildman–Crippen LogP) is 2.32. The summed E-state index contributed by atoms with van der Waals surface area (Å²) in [5, 5.41) is 11.8. The highest BCUT2D eigenvalue weighted by atomic mass is 16.1. The van der Waals surface area contributed by atoms with Crippen LogP contribution in [-0.2, 0) is 0 Å². The quantitative estimate of drug-likeness (QED) is 0.736. The minimum absolute atomic E-state index is 0.236. The topological polar surface area (TPSA) is 98.0 Å². The summed E-state index contributed by atoms with van der Waals surface area (Å²) in [6.45, 7) is 3.09. The first-order valence-corrected chi connectivity index (χ1v) is 9.27. The van der Waals surface area contributed by atoms with E-state index in [1.54, 1.807) is 61.1 Å². The van der Waals surface area contributed by atoms with Crippen LogP contribution in [0, 0.1) is 11.3 Å². The lowest BCUT2D eigenvalue weighted by molar-refractivity contribution is 0.102. The number of piperazine rings is 1. The zero-order valence-electron chi connectivity index (χ0n) is 15.7. The second-order valence-electron chi connectivity index (χ2n) is 6.57. The second kappa shape index (κ2) is 8.35. The molecule has 29 heavy (non-hydrogen) atoms. The van der Waals surface area contributed by atoms with Gasteiger partial charge in [-0.15, -0.1) is 0 Å². The van der Waals surface area contributed by atoms with Crippen molar-refractivity contribution in [3.63, 3.8) is 0 Å². The summed E-state index contributed by atoms with van der Waals surface area (Å²) in [6, 6.07) is 14.2. The number of aromatic nitrogens is 3. The van der Waals surface area contributed by atoms with Crippen molar-refractivity contribution >= 4 is 23.4 Å². The van der Waals surface area contributed by atoms with Crippen LogP contribution >= 0.6 is 0 Å². The first-order valence-electron chi connectivity index (χ1n) is 9.27. The molecule has 1 fully saturated rings. The van der Waals surface area contributed by atoms with Gasteiger partial charge in [0, 0.05) is 56.0 Å². The molecule has 0 aliphatic carbocycles. The Morgan fingerprint density at radius 1 is 0.931 bits per heavy atom. The first-order chi connectivity index (χ1) is 14.2. The van der Waals surface area contributed by atoms with Crippen LogP contribution in [0.1, 0.15) is 15.9 Å². The maximum absolute atomic E-state index is 12.6. The van der Waals surface area contributed by atoms with E-state index < -0.39 is 0 Å². The summed E-state index contributed by atoms with van der Waals surface area (Å²) >= 11 is 0. The SMILES string of the molecule is N#Cc1cccc(NC(=O)c2ccnc(N3CCN(c4ncccn4)CC3)c2)c1. The molecule has 2 aromatic heterocycles. The number of pyridine rings is 1. The molecule has 8 heteroatoms. The van der Waals surface area contributed by atoms with E-state index in [0.717, 1.165) is 37.9 Å². The first kappa shape index (κ1) is 18.4. The molecule has 1 saturated heterocycles. The Labute approximate surface area is 168 Å². The number of nitrogens with one attached hydrogen (secondary N) is 1. The average molecular weight is 385 g/mol. The Morgan fingerprint density at radius 2 is 1.69 bits per heavy atom. The van der Waals surface area contributed by atoms with Crippen molar-refractivity contribution in [2.75, 3.05) is 41.3 Å². The lowest BCUT2D eigenvalue weighted by Crippen LogP contribution is -2.47. The van der Waals surface area contributed by atoms with Crippen molar-refractivity contribution in [2.24, 2.45) is 0 Å². The number of hydrogen-bond donors (Lipinski definition) is 1. The summed E-state index contributed by atoms with van der Waals surface area (Å²) in [4.78, 5) is 29.9. The molecular formula is C21H19N7O. The molecule has 1 aromatic carbocycles. The summed E-state index contributed by atoms with van der Waals surface area (Å²) in [7, 11) is 0. The van der Waals surface area contributed by atoms with Crippen LogP contribution in [0.25, 0.3) is 0 Å². The minimum atomic E-state index is -0.236. The van der Waals surface area contributed by atoms with Crippen LogP contribution in [0.2, 0.25) is 0 Å². The van der Waals surface area contributed by atoms with Crippen molar-refractivity contribution in [1.82, 2.24) is 15.0 Å². The Balaban J connectivity index is 1.42. The summed E-state index contributed by atoms with van der Waals surface area (Å²) in [5.74, 6) is 1.25. The van der Waals surface area contributed by atoms with Gasteiger partial charge in [0.1, 0.15) is 5.82 Å². The van der Waals surface area contributed by atoms with E-state index in [1.807, 2.05) is 0 Å². The molecule has 0 atom stereocenters. The largest absolute Gasteiger partial charge is 0.353 e. The van der Waals surface area contributed by atoms with Crippen LogP contribution in [0.4, 0.5) is 17.5 Å². The highest BCUT2D eigenvalue weighted by molar-refractivity contribution is 6.04. The average Bonchev–Trinajstić information content (AvgIpc) is 2.80. The molecule has 1 aliphatic heterocycles. The molecule has 0 spiro atoms. The lowest BCUT2D eigenvalue weighted by Gasteiger charge is -2.35. The van der Waals surface area contributed by atoms with Crippen molar-refractivity contribution < 1.29 is 4.79 Å². The number of carbonyl (C=O) groups excluding carboxylic acids is 1. The molecule has 3 aromatic rings. The zero-order valence-corrected chi connectivity index (χ0v) is 15.7. The van der Waals surface area contributed by atoms with Gasteiger partial charge in [0.25, 0.3) is 5.91 Å². The molecule has 1 amide bonds. The van der Waals surface area contributed by atoms with Gasteiger partial charge < -0.3 is 15.1 Å². The van der Waals surface area contributed by atoms with E-state index >= 15 is 0 Å². The highest BCUT2D eigenvalue weighted by Crippen LogP contribution is 2.18. The van der Waals surface area contributed by atoms with Crippen LogP contribution in [0.3, 0.4) is 0 Å². The van der Waals surface area contributed by atoms with Crippen molar-refractivity contribution in [3.05, 3.63) is 72.2 Å². The van der Waals surface area contributed by atoms with Crippen LogP contribution in [0.5, 0.6) is 0 Å². The third-order valence-electron chi connectivity index (χ3n) is 4.70. The van der Waals surface area contributed by atoms with E-state index in [-0.39, 0.29) is 5.91 Å². The van der Waals surface area contributed by atoms with Gasteiger partial charge in [0.2, 0.25) is 5.95 Å². The molecule has 0 bridgehead atoms. The lowest BCUT2D eigenvalue weighted by atomic mass is 10.2. The Kier molecular flexibility index (Phi) is 5.29. The van der Waals surface area contributed by atoms with Crippen LogP contribution in [0.15, 0.2) is 61.1 Å². The van der Waals surface area contributed by atoms with E-state index in [9.17, 15) is 4.79 Å². The number of benzene rings is 1. The molecule has 1 aliphatic rings. The van der Waals surface area contributed by atoms with E-state index in [4.69, 9.17) is 5.26 Å². The smallest absolute Gasteiger partial charge is 0.255 e. The molecule has 8 nitrogen and oxygen atoms in total. The summed E-state index contributed by atoms with van der Waals surface area (Å²) < 4.78 is 0. The number of amides is 1. The van der Waals surface area contributed by atoms with Crippen molar-refractivity contribution in [3.8, 4) is 6.07 Å². The van der Waals surface area contributed by atoms with Gasteiger partial charge in [-0.1, -0.05) is 6.07 Å².